The van der Waals surface area contributed by atoms with Gasteiger partial charge in [0.1, 0.15) is 16.0 Å². The lowest BCUT2D eigenvalue weighted by atomic mass is 9.96. The molecule has 1 heterocycles. The van der Waals surface area contributed by atoms with Gasteiger partial charge >= 0.3 is 0 Å². The standard InChI is InChI=1S/C14H14BrClN2S/c1-14(2,3)13-17-11(16)8-12(18-13)19-10-6-4-5-9(15)7-10/h4-8H,1-3H3. The Kier molecular flexibility index (Phi) is 4.54. The molecule has 2 aromatic rings. The molecule has 0 spiro atoms. The average Bonchev–Trinajstić information content (AvgIpc) is 2.26. The van der Waals surface area contributed by atoms with Gasteiger partial charge in [-0.15, -0.1) is 0 Å². The molecule has 0 unspecified atom stereocenters. The van der Waals surface area contributed by atoms with Crippen LogP contribution >= 0.6 is 39.3 Å². The van der Waals surface area contributed by atoms with Crippen LogP contribution in [0.5, 0.6) is 0 Å². The van der Waals surface area contributed by atoms with Gasteiger partial charge in [0.15, 0.2) is 0 Å². The van der Waals surface area contributed by atoms with Gasteiger partial charge in [0, 0.05) is 20.8 Å². The molecule has 0 saturated heterocycles. The average molecular weight is 358 g/mol. The normalized spacial score (nSPS) is 11.6. The van der Waals surface area contributed by atoms with Crippen molar-refractivity contribution in [1.82, 2.24) is 9.97 Å². The number of benzene rings is 1. The summed E-state index contributed by atoms with van der Waals surface area (Å²) in [6, 6.07) is 9.89. The molecule has 2 nitrogen and oxygen atoms in total. The molecular weight excluding hydrogens is 344 g/mol. The molecule has 1 aromatic carbocycles. The van der Waals surface area contributed by atoms with Crippen LogP contribution in [0.1, 0.15) is 26.6 Å². The van der Waals surface area contributed by atoms with Crippen molar-refractivity contribution in [3.8, 4) is 0 Å². The quantitative estimate of drug-likeness (QED) is 0.678. The molecule has 0 atom stereocenters. The number of rotatable bonds is 2. The van der Waals surface area contributed by atoms with Gasteiger partial charge in [-0.05, 0) is 18.2 Å². The van der Waals surface area contributed by atoms with E-state index in [0.29, 0.717) is 5.15 Å². The fourth-order valence-electron chi connectivity index (χ4n) is 1.44. The summed E-state index contributed by atoms with van der Waals surface area (Å²) < 4.78 is 1.05. The topological polar surface area (TPSA) is 25.8 Å². The third kappa shape index (κ3) is 4.20. The Balaban J connectivity index is 2.33. The molecule has 0 radical (unpaired) electrons. The SMILES string of the molecule is CC(C)(C)c1nc(Cl)cc(Sc2cccc(Br)c2)n1. The van der Waals surface area contributed by atoms with Crippen LogP contribution in [0.25, 0.3) is 0 Å². The van der Waals surface area contributed by atoms with E-state index in [9.17, 15) is 0 Å². The highest BCUT2D eigenvalue weighted by Gasteiger charge is 2.19. The minimum Gasteiger partial charge on any atom is -0.226 e. The summed E-state index contributed by atoms with van der Waals surface area (Å²) in [4.78, 5) is 9.99. The summed E-state index contributed by atoms with van der Waals surface area (Å²) in [5.41, 5.74) is -0.114. The lowest BCUT2D eigenvalue weighted by Crippen LogP contribution is -2.16. The van der Waals surface area contributed by atoms with Crippen LogP contribution in [0.2, 0.25) is 5.15 Å². The van der Waals surface area contributed by atoms with Crippen molar-refractivity contribution < 1.29 is 0 Å². The Morgan fingerprint density at radius 1 is 1.16 bits per heavy atom. The minimum atomic E-state index is -0.114. The van der Waals surface area contributed by atoms with E-state index in [-0.39, 0.29) is 5.41 Å². The molecule has 2 rings (SSSR count). The molecule has 0 aliphatic heterocycles. The highest BCUT2D eigenvalue weighted by molar-refractivity contribution is 9.10. The van der Waals surface area contributed by atoms with Gasteiger partial charge in [-0.25, -0.2) is 9.97 Å². The summed E-state index contributed by atoms with van der Waals surface area (Å²) >= 11 is 11.1. The molecular formula is C14H14BrClN2S. The van der Waals surface area contributed by atoms with E-state index >= 15 is 0 Å². The molecule has 1 aromatic heterocycles. The second-order valence-corrected chi connectivity index (χ2v) is 7.56. The van der Waals surface area contributed by atoms with Gasteiger partial charge in [0.2, 0.25) is 0 Å². The smallest absolute Gasteiger partial charge is 0.136 e. The van der Waals surface area contributed by atoms with E-state index in [2.05, 4.69) is 52.7 Å². The van der Waals surface area contributed by atoms with Crippen molar-refractivity contribution in [2.24, 2.45) is 0 Å². The molecule has 0 amide bonds. The van der Waals surface area contributed by atoms with Gasteiger partial charge in [0.25, 0.3) is 0 Å². The van der Waals surface area contributed by atoms with E-state index in [1.807, 2.05) is 18.2 Å². The van der Waals surface area contributed by atoms with Crippen LogP contribution in [-0.2, 0) is 5.41 Å². The maximum Gasteiger partial charge on any atom is 0.136 e. The number of halogens is 2. The first-order valence-electron chi connectivity index (χ1n) is 5.83. The van der Waals surface area contributed by atoms with Gasteiger partial charge in [-0.1, -0.05) is 66.1 Å². The van der Waals surface area contributed by atoms with Gasteiger partial charge < -0.3 is 0 Å². The molecule has 0 aliphatic carbocycles. The molecule has 0 N–H and O–H groups in total. The molecule has 0 fully saturated rings. The molecule has 5 heteroatoms. The van der Waals surface area contributed by atoms with Crippen LogP contribution < -0.4 is 0 Å². The number of hydrogen-bond acceptors (Lipinski definition) is 3. The predicted molar refractivity (Wildman–Crippen MR) is 84.0 cm³/mol. The summed E-state index contributed by atoms with van der Waals surface area (Å²) in [6.45, 7) is 6.23. The van der Waals surface area contributed by atoms with Gasteiger partial charge in [0.05, 0.1) is 0 Å². The number of aromatic nitrogens is 2. The zero-order chi connectivity index (χ0) is 14.0. The van der Waals surface area contributed by atoms with E-state index in [1.165, 1.54) is 0 Å². The molecule has 0 saturated carbocycles. The lowest BCUT2D eigenvalue weighted by molar-refractivity contribution is 0.538. The van der Waals surface area contributed by atoms with E-state index in [0.717, 1.165) is 20.2 Å². The van der Waals surface area contributed by atoms with Crippen LogP contribution in [0, 0.1) is 0 Å². The van der Waals surface area contributed by atoms with Crippen LogP contribution in [0.4, 0.5) is 0 Å². The highest BCUT2D eigenvalue weighted by Crippen LogP contribution is 2.31. The Labute approximate surface area is 131 Å². The first-order valence-corrected chi connectivity index (χ1v) is 7.82. The van der Waals surface area contributed by atoms with E-state index < -0.39 is 0 Å². The van der Waals surface area contributed by atoms with Crippen LogP contribution in [0.15, 0.2) is 44.7 Å². The Bertz CT molecular complexity index is 596. The van der Waals surface area contributed by atoms with E-state index in [4.69, 9.17) is 11.6 Å². The lowest BCUT2D eigenvalue weighted by Gasteiger charge is -2.17. The zero-order valence-electron chi connectivity index (χ0n) is 10.9. The third-order valence-electron chi connectivity index (χ3n) is 2.36. The number of nitrogens with zero attached hydrogens (tertiary/aromatic N) is 2. The second-order valence-electron chi connectivity index (χ2n) is 5.16. The summed E-state index contributed by atoms with van der Waals surface area (Å²) in [6.07, 6.45) is 0. The Morgan fingerprint density at radius 3 is 2.53 bits per heavy atom. The molecule has 0 bridgehead atoms. The van der Waals surface area contributed by atoms with Crippen molar-refractivity contribution in [3.63, 3.8) is 0 Å². The molecule has 0 aliphatic rings. The van der Waals surface area contributed by atoms with Crippen LogP contribution in [-0.4, -0.2) is 9.97 Å². The zero-order valence-corrected chi connectivity index (χ0v) is 14.1. The maximum atomic E-state index is 6.08. The van der Waals surface area contributed by atoms with Crippen molar-refractivity contribution in [2.45, 2.75) is 36.1 Å². The van der Waals surface area contributed by atoms with Crippen molar-refractivity contribution in [2.75, 3.05) is 0 Å². The first-order chi connectivity index (χ1) is 8.84. The maximum absolute atomic E-state index is 6.08. The molecule has 19 heavy (non-hydrogen) atoms. The van der Waals surface area contributed by atoms with Gasteiger partial charge in [-0.2, -0.15) is 0 Å². The first kappa shape index (κ1) is 14.8. The van der Waals surface area contributed by atoms with Crippen molar-refractivity contribution in [1.29, 1.82) is 0 Å². The highest BCUT2D eigenvalue weighted by atomic mass is 79.9. The second kappa shape index (κ2) is 5.81. The van der Waals surface area contributed by atoms with Crippen molar-refractivity contribution in [3.05, 3.63) is 45.8 Å². The fraction of sp³-hybridized carbons (Fsp3) is 0.286. The number of hydrogen-bond donors (Lipinski definition) is 0. The summed E-state index contributed by atoms with van der Waals surface area (Å²) in [7, 11) is 0. The predicted octanol–water partition coefficient (Wildman–Crippen LogP) is 5.34. The monoisotopic (exact) mass is 356 g/mol. The third-order valence-corrected chi connectivity index (χ3v) is 3.96. The summed E-state index contributed by atoms with van der Waals surface area (Å²) in [5.74, 6) is 0.762. The van der Waals surface area contributed by atoms with E-state index in [1.54, 1.807) is 17.8 Å². The minimum absolute atomic E-state index is 0.114. The largest absolute Gasteiger partial charge is 0.226 e. The summed E-state index contributed by atoms with van der Waals surface area (Å²) in [5, 5.41) is 1.35. The Hall–Kier alpha value is -0.580. The van der Waals surface area contributed by atoms with Crippen LogP contribution in [0.3, 0.4) is 0 Å². The fourth-order valence-corrected chi connectivity index (χ4v) is 3.11. The Morgan fingerprint density at radius 2 is 1.89 bits per heavy atom. The molecule has 100 valence electrons. The van der Waals surface area contributed by atoms with Gasteiger partial charge in [-0.3, -0.25) is 0 Å². The van der Waals surface area contributed by atoms with Crippen molar-refractivity contribution >= 4 is 39.3 Å².